The SMILES string of the molecule is CCC(CC)n1ccc(CNC2CCCCC2C)n1. The summed E-state index contributed by atoms with van der Waals surface area (Å²) in [6, 6.07) is 3.41. The lowest BCUT2D eigenvalue weighted by Crippen LogP contribution is -2.36. The lowest BCUT2D eigenvalue weighted by atomic mass is 9.86. The fraction of sp³-hybridized carbons (Fsp3) is 0.812. The second kappa shape index (κ2) is 7.09. The van der Waals surface area contributed by atoms with E-state index in [1.807, 2.05) is 0 Å². The normalized spacial score (nSPS) is 24.0. The summed E-state index contributed by atoms with van der Waals surface area (Å²) in [7, 11) is 0. The van der Waals surface area contributed by atoms with Crippen LogP contribution in [0.25, 0.3) is 0 Å². The van der Waals surface area contributed by atoms with Gasteiger partial charge in [-0.3, -0.25) is 4.68 Å². The average molecular weight is 263 g/mol. The molecule has 3 heteroatoms. The van der Waals surface area contributed by atoms with Crippen LogP contribution in [0.3, 0.4) is 0 Å². The Labute approximate surface area is 117 Å². The van der Waals surface area contributed by atoms with E-state index in [-0.39, 0.29) is 0 Å². The summed E-state index contributed by atoms with van der Waals surface area (Å²) in [5.41, 5.74) is 1.18. The minimum Gasteiger partial charge on any atom is -0.308 e. The molecule has 2 unspecified atom stereocenters. The predicted octanol–water partition coefficient (Wildman–Crippen LogP) is 3.91. The molecule has 1 fully saturated rings. The van der Waals surface area contributed by atoms with Crippen LogP contribution in [-0.4, -0.2) is 15.8 Å². The molecule has 1 aromatic heterocycles. The van der Waals surface area contributed by atoms with Crippen molar-refractivity contribution in [1.82, 2.24) is 15.1 Å². The van der Waals surface area contributed by atoms with Gasteiger partial charge in [0.05, 0.1) is 11.7 Å². The van der Waals surface area contributed by atoms with E-state index in [1.165, 1.54) is 31.4 Å². The largest absolute Gasteiger partial charge is 0.308 e. The van der Waals surface area contributed by atoms with Gasteiger partial charge in [-0.15, -0.1) is 0 Å². The van der Waals surface area contributed by atoms with E-state index < -0.39 is 0 Å². The number of aromatic nitrogens is 2. The molecule has 108 valence electrons. The van der Waals surface area contributed by atoms with Gasteiger partial charge in [-0.1, -0.05) is 33.6 Å². The highest BCUT2D eigenvalue weighted by Gasteiger charge is 2.20. The topological polar surface area (TPSA) is 29.9 Å². The molecular formula is C16H29N3. The van der Waals surface area contributed by atoms with Crippen LogP contribution in [0, 0.1) is 5.92 Å². The summed E-state index contributed by atoms with van der Waals surface area (Å²) < 4.78 is 2.14. The molecule has 2 atom stereocenters. The van der Waals surface area contributed by atoms with E-state index in [2.05, 4.69) is 43.0 Å². The van der Waals surface area contributed by atoms with Crippen LogP contribution in [0.15, 0.2) is 12.3 Å². The van der Waals surface area contributed by atoms with Crippen LogP contribution in [0.1, 0.15) is 71.0 Å². The zero-order chi connectivity index (χ0) is 13.7. The van der Waals surface area contributed by atoms with Gasteiger partial charge in [-0.25, -0.2) is 0 Å². The Balaban J connectivity index is 1.86. The van der Waals surface area contributed by atoms with Crippen molar-refractivity contribution in [3.63, 3.8) is 0 Å². The minimum atomic E-state index is 0.558. The Morgan fingerprint density at radius 3 is 2.74 bits per heavy atom. The Hall–Kier alpha value is -0.830. The quantitative estimate of drug-likeness (QED) is 0.843. The molecular weight excluding hydrogens is 234 g/mol. The molecule has 1 aromatic rings. The summed E-state index contributed by atoms with van der Waals surface area (Å²) in [6.07, 6.45) is 9.94. The third-order valence-corrected chi connectivity index (χ3v) is 4.64. The van der Waals surface area contributed by atoms with Crippen molar-refractivity contribution in [1.29, 1.82) is 0 Å². The molecule has 0 amide bonds. The van der Waals surface area contributed by atoms with Gasteiger partial charge in [0.1, 0.15) is 0 Å². The summed E-state index contributed by atoms with van der Waals surface area (Å²) in [4.78, 5) is 0. The van der Waals surface area contributed by atoms with Crippen LogP contribution in [0.2, 0.25) is 0 Å². The van der Waals surface area contributed by atoms with Crippen molar-refractivity contribution >= 4 is 0 Å². The maximum absolute atomic E-state index is 4.72. The second-order valence-corrected chi connectivity index (χ2v) is 6.01. The highest BCUT2D eigenvalue weighted by Crippen LogP contribution is 2.24. The van der Waals surface area contributed by atoms with Gasteiger partial charge in [0.15, 0.2) is 0 Å². The Bertz CT molecular complexity index is 368. The molecule has 1 aliphatic carbocycles. The number of nitrogens with one attached hydrogen (secondary N) is 1. The van der Waals surface area contributed by atoms with Crippen molar-refractivity contribution in [3.8, 4) is 0 Å². The lowest BCUT2D eigenvalue weighted by molar-refractivity contribution is 0.278. The molecule has 0 radical (unpaired) electrons. The van der Waals surface area contributed by atoms with E-state index in [1.54, 1.807) is 0 Å². The maximum Gasteiger partial charge on any atom is 0.0762 e. The monoisotopic (exact) mass is 263 g/mol. The zero-order valence-corrected chi connectivity index (χ0v) is 12.7. The zero-order valence-electron chi connectivity index (χ0n) is 12.7. The van der Waals surface area contributed by atoms with E-state index in [9.17, 15) is 0 Å². The first-order chi connectivity index (χ1) is 9.24. The summed E-state index contributed by atoms with van der Waals surface area (Å²) in [5, 5.41) is 8.42. The fourth-order valence-electron chi connectivity index (χ4n) is 3.19. The van der Waals surface area contributed by atoms with Crippen molar-refractivity contribution < 1.29 is 0 Å². The van der Waals surface area contributed by atoms with Gasteiger partial charge >= 0.3 is 0 Å². The highest BCUT2D eigenvalue weighted by molar-refractivity contribution is 5.00. The number of hydrogen-bond donors (Lipinski definition) is 1. The molecule has 1 heterocycles. The first-order valence-electron chi connectivity index (χ1n) is 8.02. The summed E-state index contributed by atoms with van der Waals surface area (Å²) in [5.74, 6) is 0.815. The second-order valence-electron chi connectivity index (χ2n) is 6.01. The van der Waals surface area contributed by atoms with Gasteiger partial charge in [0.2, 0.25) is 0 Å². The van der Waals surface area contributed by atoms with Crippen molar-refractivity contribution in [2.45, 2.75) is 77.9 Å². The summed E-state index contributed by atoms with van der Waals surface area (Å²) in [6.45, 7) is 7.76. The van der Waals surface area contributed by atoms with Crippen LogP contribution in [0.4, 0.5) is 0 Å². The van der Waals surface area contributed by atoms with E-state index in [0.717, 1.165) is 25.3 Å². The molecule has 1 N–H and O–H groups in total. The molecule has 0 saturated heterocycles. The van der Waals surface area contributed by atoms with Crippen molar-refractivity contribution in [2.24, 2.45) is 5.92 Å². The lowest BCUT2D eigenvalue weighted by Gasteiger charge is -2.29. The van der Waals surface area contributed by atoms with Crippen LogP contribution in [-0.2, 0) is 6.54 Å². The van der Waals surface area contributed by atoms with Gasteiger partial charge in [-0.2, -0.15) is 5.10 Å². The third kappa shape index (κ3) is 3.82. The first-order valence-corrected chi connectivity index (χ1v) is 8.02. The highest BCUT2D eigenvalue weighted by atomic mass is 15.3. The Morgan fingerprint density at radius 1 is 1.32 bits per heavy atom. The van der Waals surface area contributed by atoms with E-state index >= 15 is 0 Å². The number of nitrogens with zero attached hydrogens (tertiary/aromatic N) is 2. The first kappa shape index (κ1) is 14.6. The fourth-order valence-corrected chi connectivity index (χ4v) is 3.19. The van der Waals surface area contributed by atoms with Gasteiger partial charge in [0, 0.05) is 18.8 Å². The molecule has 19 heavy (non-hydrogen) atoms. The van der Waals surface area contributed by atoms with Crippen molar-refractivity contribution in [2.75, 3.05) is 0 Å². The molecule has 3 nitrogen and oxygen atoms in total. The molecule has 1 aliphatic rings. The molecule has 0 aliphatic heterocycles. The van der Waals surface area contributed by atoms with Gasteiger partial charge < -0.3 is 5.32 Å². The molecule has 2 rings (SSSR count). The third-order valence-electron chi connectivity index (χ3n) is 4.64. The molecule has 0 aromatic carbocycles. The predicted molar refractivity (Wildman–Crippen MR) is 80.1 cm³/mol. The van der Waals surface area contributed by atoms with Crippen LogP contribution >= 0.6 is 0 Å². The molecule has 0 spiro atoms. The number of rotatable bonds is 6. The molecule has 1 saturated carbocycles. The Kier molecular flexibility index (Phi) is 5.44. The van der Waals surface area contributed by atoms with Crippen LogP contribution in [0.5, 0.6) is 0 Å². The minimum absolute atomic E-state index is 0.558. The Morgan fingerprint density at radius 2 is 2.05 bits per heavy atom. The summed E-state index contributed by atoms with van der Waals surface area (Å²) >= 11 is 0. The maximum atomic E-state index is 4.72. The molecule has 0 bridgehead atoms. The van der Waals surface area contributed by atoms with Gasteiger partial charge in [-0.05, 0) is 37.7 Å². The number of hydrogen-bond acceptors (Lipinski definition) is 2. The average Bonchev–Trinajstić information content (AvgIpc) is 2.88. The van der Waals surface area contributed by atoms with E-state index in [0.29, 0.717) is 12.1 Å². The van der Waals surface area contributed by atoms with Crippen molar-refractivity contribution in [3.05, 3.63) is 18.0 Å². The smallest absolute Gasteiger partial charge is 0.0762 e. The van der Waals surface area contributed by atoms with Crippen LogP contribution < -0.4 is 5.32 Å². The van der Waals surface area contributed by atoms with Gasteiger partial charge in [0.25, 0.3) is 0 Å². The standard InChI is InChI=1S/C16H29N3/c1-4-15(5-2)19-11-10-14(18-19)12-17-16-9-7-6-8-13(16)3/h10-11,13,15-17H,4-9,12H2,1-3H3. The van der Waals surface area contributed by atoms with E-state index in [4.69, 9.17) is 5.10 Å².